The van der Waals surface area contributed by atoms with E-state index in [9.17, 15) is 4.79 Å². The number of nitrogens with zero attached hydrogens (tertiary/aromatic N) is 4. The highest BCUT2D eigenvalue weighted by atomic mass is 32.1. The molecule has 5 rings (SSSR count). The molecular weight excluding hydrogens is 430 g/mol. The van der Waals surface area contributed by atoms with E-state index in [1.165, 1.54) is 21.8 Å². The van der Waals surface area contributed by atoms with Crippen molar-refractivity contribution in [2.45, 2.75) is 26.7 Å². The summed E-state index contributed by atoms with van der Waals surface area (Å²) in [7, 11) is 1.64. The Morgan fingerprint density at radius 1 is 1.19 bits per heavy atom. The maximum Gasteiger partial charge on any atom is 0.229 e. The van der Waals surface area contributed by atoms with Crippen molar-refractivity contribution in [1.29, 1.82) is 0 Å². The Hall–Kier alpha value is -2.78. The number of methoxy groups -OCH3 is 1. The number of thiophene rings is 1. The molecule has 0 radical (unpaired) electrons. The quantitative estimate of drug-likeness (QED) is 0.479. The molecule has 7 nitrogen and oxygen atoms in total. The number of carbonyl (C=O) groups is 1. The Bertz CT molecular complexity index is 1270. The number of aryl methyl sites for hydroxylation is 2. The van der Waals surface area contributed by atoms with Gasteiger partial charge in [-0.2, -0.15) is 0 Å². The number of anilines is 2. The fourth-order valence-electron chi connectivity index (χ4n) is 4.05. The van der Waals surface area contributed by atoms with Gasteiger partial charge in [-0.25, -0.2) is 15.0 Å². The Morgan fingerprint density at radius 3 is 2.77 bits per heavy atom. The lowest BCUT2D eigenvalue weighted by molar-refractivity contribution is -0.120. The number of amides is 1. The summed E-state index contributed by atoms with van der Waals surface area (Å²) in [5.41, 5.74) is 2.12. The second kappa shape index (κ2) is 8.05. The normalized spacial score (nSPS) is 15.0. The van der Waals surface area contributed by atoms with Crippen molar-refractivity contribution < 1.29 is 9.53 Å². The number of thiazole rings is 1. The Kier molecular flexibility index (Phi) is 5.23. The van der Waals surface area contributed by atoms with Crippen LogP contribution in [-0.2, 0) is 4.79 Å². The molecule has 1 saturated heterocycles. The lowest BCUT2D eigenvalue weighted by Gasteiger charge is -2.32. The first-order chi connectivity index (χ1) is 15.0. The number of benzene rings is 1. The highest BCUT2D eigenvalue weighted by molar-refractivity contribution is 7.22. The lowest BCUT2D eigenvalue weighted by Crippen LogP contribution is -2.38. The van der Waals surface area contributed by atoms with Crippen LogP contribution in [0.1, 0.15) is 23.3 Å². The minimum Gasteiger partial charge on any atom is -0.497 e. The first kappa shape index (κ1) is 20.1. The molecule has 1 aliphatic rings. The molecule has 1 aliphatic heterocycles. The van der Waals surface area contributed by atoms with Crippen LogP contribution in [0.5, 0.6) is 5.75 Å². The second-order valence-corrected chi connectivity index (χ2v) is 10.00. The van der Waals surface area contributed by atoms with E-state index in [2.05, 4.69) is 39.0 Å². The number of fused-ring (bicyclic) bond motifs is 2. The number of rotatable bonds is 4. The molecule has 0 bridgehead atoms. The largest absolute Gasteiger partial charge is 0.497 e. The van der Waals surface area contributed by atoms with E-state index in [0.717, 1.165) is 57.9 Å². The second-order valence-electron chi connectivity index (χ2n) is 7.76. The molecule has 160 valence electrons. The first-order valence-corrected chi connectivity index (χ1v) is 11.9. The maximum absolute atomic E-state index is 12.9. The van der Waals surface area contributed by atoms with Gasteiger partial charge in [0.25, 0.3) is 0 Å². The molecule has 1 N–H and O–H groups in total. The minimum atomic E-state index is -0.0274. The van der Waals surface area contributed by atoms with Gasteiger partial charge >= 0.3 is 0 Å². The van der Waals surface area contributed by atoms with Gasteiger partial charge in [0.2, 0.25) is 5.91 Å². The molecule has 1 fully saturated rings. The summed E-state index contributed by atoms with van der Waals surface area (Å²) in [4.78, 5) is 31.0. The summed E-state index contributed by atoms with van der Waals surface area (Å²) >= 11 is 3.18. The summed E-state index contributed by atoms with van der Waals surface area (Å²) in [6.45, 7) is 5.86. The highest BCUT2D eigenvalue weighted by Gasteiger charge is 2.28. The lowest BCUT2D eigenvalue weighted by atomic mass is 9.96. The van der Waals surface area contributed by atoms with Gasteiger partial charge in [-0.05, 0) is 50.5 Å². The summed E-state index contributed by atoms with van der Waals surface area (Å²) in [5, 5.41) is 4.81. The number of ether oxygens (including phenoxy) is 1. The molecular formula is C22H23N5O2S2. The fourth-order valence-corrected chi connectivity index (χ4v) is 5.94. The Labute approximate surface area is 188 Å². The van der Waals surface area contributed by atoms with Crippen LogP contribution in [0.4, 0.5) is 10.9 Å². The van der Waals surface area contributed by atoms with Crippen LogP contribution in [0.3, 0.4) is 0 Å². The predicted molar refractivity (Wildman–Crippen MR) is 127 cm³/mol. The molecule has 0 aliphatic carbocycles. The summed E-state index contributed by atoms with van der Waals surface area (Å²) in [5.74, 6) is 1.80. The summed E-state index contributed by atoms with van der Waals surface area (Å²) in [6.07, 6.45) is 3.23. The number of hydrogen-bond donors (Lipinski definition) is 1. The molecule has 0 atom stereocenters. The van der Waals surface area contributed by atoms with Crippen LogP contribution in [0.25, 0.3) is 20.4 Å². The van der Waals surface area contributed by atoms with Crippen LogP contribution in [0, 0.1) is 19.8 Å². The Morgan fingerprint density at radius 2 is 2.00 bits per heavy atom. The number of hydrogen-bond acceptors (Lipinski definition) is 8. The number of carbonyl (C=O) groups excluding carboxylic acids is 1. The van der Waals surface area contributed by atoms with Gasteiger partial charge in [0.1, 0.15) is 22.7 Å². The van der Waals surface area contributed by atoms with Crippen molar-refractivity contribution >= 4 is 60.0 Å². The van der Waals surface area contributed by atoms with Crippen molar-refractivity contribution in [2.24, 2.45) is 5.92 Å². The van der Waals surface area contributed by atoms with E-state index in [1.807, 2.05) is 18.2 Å². The number of piperidine rings is 1. The van der Waals surface area contributed by atoms with Crippen molar-refractivity contribution in [3.05, 3.63) is 35.0 Å². The molecule has 4 heterocycles. The van der Waals surface area contributed by atoms with Crippen molar-refractivity contribution in [3.63, 3.8) is 0 Å². The monoisotopic (exact) mass is 453 g/mol. The van der Waals surface area contributed by atoms with Crippen LogP contribution in [-0.4, -0.2) is 41.1 Å². The van der Waals surface area contributed by atoms with E-state index < -0.39 is 0 Å². The van der Waals surface area contributed by atoms with Crippen molar-refractivity contribution in [3.8, 4) is 5.75 Å². The van der Waals surface area contributed by atoms with E-state index in [4.69, 9.17) is 4.74 Å². The average molecular weight is 454 g/mol. The summed E-state index contributed by atoms with van der Waals surface area (Å²) < 4.78 is 6.27. The molecule has 0 spiro atoms. The van der Waals surface area contributed by atoms with E-state index >= 15 is 0 Å². The van der Waals surface area contributed by atoms with Crippen LogP contribution >= 0.6 is 22.7 Å². The zero-order chi connectivity index (χ0) is 21.5. The van der Waals surface area contributed by atoms with Gasteiger partial charge in [0.15, 0.2) is 5.13 Å². The summed E-state index contributed by atoms with van der Waals surface area (Å²) in [6, 6.07) is 5.73. The van der Waals surface area contributed by atoms with Crippen molar-refractivity contribution in [1.82, 2.24) is 15.0 Å². The third kappa shape index (κ3) is 3.72. The number of aromatic nitrogens is 3. The minimum absolute atomic E-state index is 0.0274. The molecule has 0 unspecified atom stereocenters. The van der Waals surface area contributed by atoms with E-state index in [-0.39, 0.29) is 11.8 Å². The molecule has 4 aromatic rings. The molecule has 0 saturated carbocycles. The molecule has 9 heteroatoms. The third-order valence-corrected chi connectivity index (χ3v) is 7.99. The van der Waals surface area contributed by atoms with Gasteiger partial charge in [-0.3, -0.25) is 4.79 Å². The van der Waals surface area contributed by atoms with Crippen molar-refractivity contribution in [2.75, 3.05) is 30.4 Å². The Balaban J connectivity index is 1.27. The molecule has 3 aromatic heterocycles. The maximum atomic E-state index is 12.9. The smallest absolute Gasteiger partial charge is 0.229 e. The third-order valence-electron chi connectivity index (χ3n) is 5.94. The standard InChI is InChI=1S/C22H23N5O2S2/c1-12-13(2)30-21-18(12)19(23-11-24-21)27-8-6-14(7-9-27)20(28)26-22-25-16-5-4-15(29-3)10-17(16)31-22/h4-5,10-11,14H,6-9H2,1-3H3,(H,25,26,28). The van der Waals surface area contributed by atoms with Crippen LogP contribution in [0.15, 0.2) is 24.5 Å². The van der Waals surface area contributed by atoms with E-state index in [1.54, 1.807) is 24.8 Å². The van der Waals surface area contributed by atoms with Crippen LogP contribution < -0.4 is 15.0 Å². The first-order valence-electron chi connectivity index (χ1n) is 10.2. The van der Waals surface area contributed by atoms with Gasteiger partial charge < -0.3 is 15.0 Å². The van der Waals surface area contributed by atoms with Gasteiger partial charge in [0.05, 0.1) is 22.7 Å². The zero-order valence-corrected chi connectivity index (χ0v) is 19.3. The highest BCUT2D eigenvalue weighted by Crippen LogP contribution is 2.36. The average Bonchev–Trinajstić information content (AvgIpc) is 3.32. The van der Waals surface area contributed by atoms with E-state index in [0.29, 0.717) is 5.13 Å². The fraction of sp³-hybridized carbons (Fsp3) is 0.364. The zero-order valence-electron chi connectivity index (χ0n) is 17.6. The topological polar surface area (TPSA) is 80.2 Å². The van der Waals surface area contributed by atoms with Gasteiger partial charge in [0, 0.05) is 23.9 Å². The van der Waals surface area contributed by atoms with Gasteiger partial charge in [-0.1, -0.05) is 11.3 Å². The van der Waals surface area contributed by atoms with Crippen LogP contribution in [0.2, 0.25) is 0 Å². The predicted octanol–water partition coefficient (Wildman–Crippen LogP) is 4.78. The molecule has 1 aromatic carbocycles. The SMILES string of the molecule is COc1ccc2nc(NC(=O)C3CCN(c4ncnc5sc(C)c(C)c45)CC3)sc2c1. The van der Waals surface area contributed by atoms with Gasteiger partial charge in [-0.15, -0.1) is 11.3 Å². The molecule has 31 heavy (non-hydrogen) atoms. The molecule has 1 amide bonds. The number of nitrogens with one attached hydrogen (secondary N) is 1.